The van der Waals surface area contributed by atoms with Gasteiger partial charge in [-0.1, -0.05) is 19.9 Å². The van der Waals surface area contributed by atoms with Gasteiger partial charge in [-0.3, -0.25) is 9.59 Å². The summed E-state index contributed by atoms with van der Waals surface area (Å²) in [6.45, 7) is 6.97. The third-order valence-corrected chi connectivity index (χ3v) is 3.49. The van der Waals surface area contributed by atoms with Crippen LogP contribution in [0.15, 0.2) is 24.3 Å². The van der Waals surface area contributed by atoms with Gasteiger partial charge in [-0.2, -0.15) is 0 Å². The molecule has 0 spiro atoms. The summed E-state index contributed by atoms with van der Waals surface area (Å²) in [5, 5.41) is 2.87. The first-order valence-electron chi connectivity index (χ1n) is 8.31. The molecule has 0 aromatic heterocycles. The summed E-state index contributed by atoms with van der Waals surface area (Å²) in [6.07, 6.45) is 1.85. The number of hydrogen-bond acceptors (Lipinski definition) is 3. The van der Waals surface area contributed by atoms with Crippen molar-refractivity contribution in [1.82, 2.24) is 15.1 Å². The van der Waals surface area contributed by atoms with E-state index in [2.05, 4.69) is 19.2 Å². The van der Waals surface area contributed by atoms with Crippen LogP contribution in [0.2, 0.25) is 0 Å². The number of likely N-dealkylation sites (N-methyl/N-ethyl adjacent to an activating group) is 1. The fourth-order valence-corrected chi connectivity index (χ4v) is 2.33. The lowest BCUT2D eigenvalue weighted by molar-refractivity contribution is 0.0755. The van der Waals surface area contributed by atoms with Crippen molar-refractivity contribution in [3.63, 3.8) is 0 Å². The Labute approximate surface area is 139 Å². The first-order chi connectivity index (χ1) is 11.0. The molecule has 1 aromatic carbocycles. The average molecular weight is 319 g/mol. The Balaban J connectivity index is 2.78. The Kier molecular flexibility index (Phi) is 8.33. The first-order valence-corrected chi connectivity index (χ1v) is 8.31. The van der Waals surface area contributed by atoms with Crippen LogP contribution in [0.1, 0.15) is 47.4 Å². The molecule has 0 atom stereocenters. The van der Waals surface area contributed by atoms with E-state index in [4.69, 9.17) is 0 Å². The van der Waals surface area contributed by atoms with E-state index in [0.29, 0.717) is 17.7 Å². The molecule has 0 heterocycles. The van der Waals surface area contributed by atoms with Crippen LogP contribution >= 0.6 is 0 Å². The summed E-state index contributed by atoms with van der Waals surface area (Å²) < 4.78 is 0. The molecule has 2 amide bonds. The fourth-order valence-electron chi connectivity index (χ4n) is 2.33. The number of carbonyl (C=O) groups excluding carboxylic acids is 2. The molecule has 0 saturated carbocycles. The Bertz CT molecular complexity index is 509. The van der Waals surface area contributed by atoms with Gasteiger partial charge < -0.3 is 15.1 Å². The Hall–Kier alpha value is -1.88. The standard InChI is InChI=1S/C18H29N3O2/c1-5-11-21(12-6-2)18(23)16-9-7-8-15(14-16)17(22)19-10-13-20(3)4/h7-9,14H,5-6,10-13H2,1-4H3,(H,19,22). The molecule has 23 heavy (non-hydrogen) atoms. The zero-order valence-electron chi connectivity index (χ0n) is 14.8. The van der Waals surface area contributed by atoms with Gasteiger partial charge in [0.25, 0.3) is 11.8 Å². The predicted molar refractivity (Wildman–Crippen MR) is 93.8 cm³/mol. The topological polar surface area (TPSA) is 52.7 Å². The number of nitrogens with zero attached hydrogens (tertiary/aromatic N) is 2. The maximum atomic E-state index is 12.6. The van der Waals surface area contributed by atoms with E-state index < -0.39 is 0 Å². The highest BCUT2D eigenvalue weighted by molar-refractivity contribution is 5.99. The largest absolute Gasteiger partial charge is 0.351 e. The fraction of sp³-hybridized carbons (Fsp3) is 0.556. The summed E-state index contributed by atoms with van der Waals surface area (Å²) in [4.78, 5) is 28.6. The van der Waals surface area contributed by atoms with Crippen LogP contribution < -0.4 is 5.32 Å². The van der Waals surface area contributed by atoms with Crippen LogP contribution in [0.5, 0.6) is 0 Å². The number of rotatable bonds is 9. The van der Waals surface area contributed by atoms with E-state index in [9.17, 15) is 9.59 Å². The van der Waals surface area contributed by atoms with Gasteiger partial charge in [-0.05, 0) is 45.1 Å². The molecule has 0 radical (unpaired) electrons. The van der Waals surface area contributed by atoms with E-state index >= 15 is 0 Å². The van der Waals surface area contributed by atoms with E-state index in [0.717, 1.165) is 32.5 Å². The molecule has 0 unspecified atom stereocenters. The van der Waals surface area contributed by atoms with Gasteiger partial charge in [0.1, 0.15) is 0 Å². The van der Waals surface area contributed by atoms with Crippen LogP contribution in [0.4, 0.5) is 0 Å². The number of nitrogens with one attached hydrogen (secondary N) is 1. The highest BCUT2D eigenvalue weighted by Crippen LogP contribution is 2.10. The van der Waals surface area contributed by atoms with Crippen molar-refractivity contribution in [3.05, 3.63) is 35.4 Å². The molecule has 5 heteroatoms. The van der Waals surface area contributed by atoms with Gasteiger partial charge in [0.15, 0.2) is 0 Å². The van der Waals surface area contributed by atoms with Crippen molar-refractivity contribution < 1.29 is 9.59 Å². The lowest BCUT2D eigenvalue weighted by Gasteiger charge is -2.21. The van der Waals surface area contributed by atoms with Crippen LogP contribution in [-0.4, -0.2) is 61.9 Å². The number of carbonyl (C=O) groups is 2. The predicted octanol–water partition coefficient (Wildman–Crippen LogP) is 2.24. The Morgan fingerprint density at radius 3 is 2.17 bits per heavy atom. The van der Waals surface area contributed by atoms with E-state index in [1.807, 2.05) is 23.9 Å². The molecule has 1 rings (SSSR count). The minimum atomic E-state index is -0.140. The smallest absolute Gasteiger partial charge is 0.253 e. The normalized spacial score (nSPS) is 10.7. The van der Waals surface area contributed by atoms with Crippen molar-refractivity contribution in [2.24, 2.45) is 0 Å². The maximum Gasteiger partial charge on any atom is 0.253 e. The number of benzene rings is 1. The second-order valence-corrected chi connectivity index (χ2v) is 5.93. The third kappa shape index (κ3) is 6.40. The molecule has 1 N–H and O–H groups in total. The first kappa shape index (κ1) is 19.2. The van der Waals surface area contributed by atoms with Gasteiger partial charge in [0, 0.05) is 37.3 Å². The molecule has 0 aliphatic carbocycles. The van der Waals surface area contributed by atoms with E-state index in [-0.39, 0.29) is 11.8 Å². The maximum absolute atomic E-state index is 12.6. The van der Waals surface area contributed by atoms with Crippen LogP contribution in [0.25, 0.3) is 0 Å². The zero-order chi connectivity index (χ0) is 17.2. The lowest BCUT2D eigenvalue weighted by Crippen LogP contribution is -2.33. The number of hydrogen-bond donors (Lipinski definition) is 1. The zero-order valence-corrected chi connectivity index (χ0v) is 14.8. The highest BCUT2D eigenvalue weighted by Gasteiger charge is 2.15. The van der Waals surface area contributed by atoms with Crippen molar-refractivity contribution in [3.8, 4) is 0 Å². The van der Waals surface area contributed by atoms with Crippen molar-refractivity contribution in [2.75, 3.05) is 40.3 Å². The van der Waals surface area contributed by atoms with Crippen LogP contribution in [-0.2, 0) is 0 Å². The minimum absolute atomic E-state index is 0.00311. The molecular formula is C18H29N3O2. The highest BCUT2D eigenvalue weighted by atomic mass is 16.2. The van der Waals surface area contributed by atoms with Crippen LogP contribution in [0, 0.1) is 0 Å². The summed E-state index contributed by atoms with van der Waals surface area (Å²) in [5.41, 5.74) is 1.11. The summed E-state index contributed by atoms with van der Waals surface area (Å²) in [6, 6.07) is 6.97. The summed E-state index contributed by atoms with van der Waals surface area (Å²) in [5.74, 6) is -0.143. The van der Waals surface area contributed by atoms with Gasteiger partial charge in [0.05, 0.1) is 0 Å². The van der Waals surface area contributed by atoms with Gasteiger partial charge >= 0.3 is 0 Å². The molecule has 1 aromatic rings. The molecule has 0 bridgehead atoms. The van der Waals surface area contributed by atoms with Crippen molar-refractivity contribution in [1.29, 1.82) is 0 Å². The Morgan fingerprint density at radius 1 is 1.00 bits per heavy atom. The van der Waals surface area contributed by atoms with Crippen LogP contribution in [0.3, 0.4) is 0 Å². The van der Waals surface area contributed by atoms with Gasteiger partial charge in [-0.15, -0.1) is 0 Å². The molecule has 5 nitrogen and oxygen atoms in total. The van der Waals surface area contributed by atoms with Gasteiger partial charge in [-0.25, -0.2) is 0 Å². The molecule has 0 saturated heterocycles. The molecule has 0 aliphatic rings. The third-order valence-electron chi connectivity index (χ3n) is 3.49. The second-order valence-electron chi connectivity index (χ2n) is 5.93. The van der Waals surface area contributed by atoms with Crippen molar-refractivity contribution >= 4 is 11.8 Å². The minimum Gasteiger partial charge on any atom is -0.351 e. The summed E-state index contributed by atoms with van der Waals surface area (Å²) in [7, 11) is 3.92. The van der Waals surface area contributed by atoms with E-state index in [1.165, 1.54) is 0 Å². The number of amides is 2. The molecule has 128 valence electrons. The van der Waals surface area contributed by atoms with Crippen molar-refractivity contribution in [2.45, 2.75) is 26.7 Å². The molecular weight excluding hydrogens is 290 g/mol. The second kappa shape index (κ2) is 10.0. The van der Waals surface area contributed by atoms with E-state index in [1.54, 1.807) is 24.3 Å². The molecule has 0 aliphatic heterocycles. The lowest BCUT2D eigenvalue weighted by atomic mass is 10.1. The monoisotopic (exact) mass is 319 g/mol. The average Bonchev–Trinajstić information content (AvgIpc) is 2.53. The quantitative estimate of drug-likeness (QED) is 0.759. The SMILES string of the molecule is CCCN(CCC)C(=O)c1cccc(C(=O)NCCN(C)C)c1. The van der Waals surface area contributed by atoms with Gasteiger partial charge in [0.2, 0.25) is 0 Å². The molecule has 0 fully saturated rings. The summed E-state index contributed by atoms with van der Waals surface area (Å²) >= 11 is 0. The Morgan fingerprint density at radius 2 is 1.61 bits per heavy atom.